The molecule has 0 aliphatic heterocycles. The van der Waals surface area contributed by atoms with E-state index in [1.165, 1.54) is 18.4 Å². The minimum Gasteiger partial charge on any atom is -0.321 e. The molecule has 0 amide bonds. The molecule has 1 aromatic carbocycles. The molecule has 1 aliphatic carbocycles. The number of aromatic nitrogens is 3. The van der Waals surface area contributed by atoms with Crippen LogP contribution in [-0.4, -0.2) is 20.5 Å². The van der Waals surface area contributed by atoms with Crippen molar-refractivity contribution in [3.05, 3.63) is 41.7 Å². The minimum absolute atomic E-state index is 0. The zero-order chi connectivity index (χ0) is 13.9. The van der Waals surface area contributed by atoms with Crippen LogP contribution in [0.2, 0.25) is 0 Å². The van der Waals surface area contributed by atoms with Gasteiger partial charge in [-0.05, 0) is 30.7 Å². The maximum Gasteiger partial charge on any atom is 0.191 e. The second kappa shape index (κ2) is 7.29. The number of rotatable bonds is 6. The normalized spacial score (nSPS) is 15.5. The summed E-state index contributed by atoms with van der Waals surface area (Å²) in [5, 5.41) is 9.53. The van der Waals surface area contributed by atoms with Crippen molar-refractivity contribution in [3.8, 4) is 0 Å². The van der Waals surface area contributed by atoms with E-state index in [1.54, 1.807) is 11.8 Å². The molecule has 4 nitrogen and oxygen atoms in total. The molecule has 1 aliphatic rings. The lowest BCUT2D eigenvalue weighted by Gasteiger charge is -2.11. The molecule has 2 N–H and O–H groups in total. The summed E-state index contributed by atoms with van der Waals surface area (Å²) in [7, 11) is 2.01. The van der Waals surface area contributed by atoms with Gasteiger partial charge in [0.15, 0.2) is 11.0 Å². The first-order valence-electron chi connectivity index (χ1n) is 7.05. The Labute approximate surface area is 135 Å². The molecule has 1 aromatic heterocycles. The number of halogens is 1. The molecule has 0 spiro atoms. The van der Waals surface area contributed by atoms with Crippen LogP contribution >= 0.6 is 24.2 Å². The molecule has 1 unspecified atom stereocenters. The molecule has 0 radical (unpaired) electrons. The SMILES string of the molecule is Cl.Cn1c(SCC2CC2)nnc1C(N)Cc1ccccc1. The van der Waals surface area contributed by atoms with Crippen molar-refractivity contribution in [3.63, 3.8) is 0 Å². The number of hydrogen-bond acceptors (Lipinski definition) is 4. The smallest absolute Gasteiger partial charge is 0.191 e. The zero-order valence-electron chi connectivity index (χ0n) is 12.1. The Morgan fingerprint density at radius 3 is 2.67 bits per heavy atom. The van der Waals surface area contributed by atoms with Crippen LogP contribution in [-0.2, 0) is 13.5 Å². The van der Waals surface area contributed by atoms with Crippen molar-refractivity contribution >= 4 is 24.2 Å². The third-order valence-corrected chi connectivity index (χ3v) is 4.90. The molecule has 114 valence electrons. The highest BCUT2D eigenvalue weighted by Crippen LogP contribution is 2.34. The summed E-state index contributed by atoms with van der Waals surface area (Å²) in [4.78, 5) is 0. The summed E-state index contributed by atoms with van der Waals surface area (Å²) in [5.74, 6) is 2.91. The van der Waals surface area contributed by atoms with Gasteiger partial charge >= 0.3 is 0 Å². The van der Waals surface area contributed by atoms with Gasteiger partial charge in [-0.25, -0.2) is 0 Å². The lowest BCUT2D eigenvalue weighted by Crippen LogP contribution is -2.18. The molecular formula is C15H21ClN4S. The van der Waals surface area contributed by atoms with Crippen LogP contribution in [0.25, 0.3) is 0 Å². The standard InChI is InChI=1S/C15H20N4S.ClH/c1-19-14(13(16)9-11-5-3-2-4-6-11)17-18-15(19)20-10-12-7-8-12;/h2-6,12-13H,7-10,16H2,1H3;1H. The largest absolute Gasteiger partial charge is 0.321 e. The molecule has 1 saturated carbocycles. The topological polar surface area (TPSA) is 56.7 Å². The van der Waals surface area contributed by atoms with Crippen LogP contribution in [0.1, 0.15) is 30.3 Å². The summed E-state index contributed by atoms with van der Waals surface area (Å²) in [5.41, 5.74) is 7.51. The van der Waals surface area contributed by atoms with Crippen LogP contribution in [0.4, 0.5) is 0 Å². The van der Waals surface area contributed by atoms with Crippen molar-refractivity contribution in [2.75, 3.05) is 5.75 Å². The van der Waals surface area contributed by atoms with E-state index in [-0.39, 0.29) is 18.4 Å². The Hall–Kier alpha value is -1.04. The number of hydrogen-bond donors (Lipinski definition) is 1. The molecule has 3 rings (SSSR count). The molecule has 1 atom stereocenters. The number of thioether (sulfide) groups is 1. The van der Waals surface area contributed by atoms with Gasteiger partial charge in [0.05, 0.1) is 6.04 Å². The Morgan fingerprint density at radius 2 is 2.00 bits per heavy atom. The molecular weight excluding hydrogens is 304 g/mol. The molecule has 0 bridgehead atoms. The highest BCUT2D eigenvalue weighted by molar-refractivity contribution is 7.99. The average molecular weight is 325 g/mol. The second-order valence-corrected chi connectivity index (χ2v) is 6.44. The Balaban J connectivity index is 0.00000161. The van der Waals surface area contributed by atoms with Crippen LogP contribution < -0.4 is 5.73 Å². The number of nitrogens with zero attached hydrogens (tertiary/aromatic N) is 3. The van der Waals surface area contributed by atoms with Gasteiger partial charge in [0.1, 0.15) is 0 Å². The van der Waals surface area contributed by atoms with E-state index in [1.807, 2.05) is 29.8 Å². The van der Waals surface area contributed by atoms with Crippen LogP contribution in [0.15, 0.2) is 35.5 Å². The van der Waals surface area contributed by atoms with E-state index in [0.29, 0.717) is 0 Å². The number of benzene rings is 1. The zero-order valence-corrected chi connectivity index (χ0v) is 13.7. The lowest BCUT2D eigenvalue weighted by atomic mass is 10.1. The van der Waals surface area contributed by atoms with E-state index in [4.69, 9.17) is 5.73 Å². The van der Waals surface area contributed by atoms with Crippen molar-refractivity contribution in [1.82, 2.24) is 14.8 Å². The predicted molar refractivity (Wildman–Crippen MR) is 88.8 cm³/mol. The minimum atomic E-state index is -0.106. The monoisotopic (exact) mass is 324 g/mol. The van der Waals surface area contributed by atoms with Crippen LogP contribution in [0.5, 0.6) is 0 Å². The van der Waals surface area contributed by atoms with Crippen LogP contribution in [0, 0.1) is 5.92 Å². The summed E-state index contributed by atoms with van der Waals surface area (Å²) >= 11 is 1.80. The van der Waals surface area contributed by atoms with Gasteiger partial charge in [-0.15, -0.1) is 22.6 Å². The van der Waals surface area contributed by atoms with E-state index < -0.39 is 0 Å². The Bertz CT molecular complexity index is 568. The fourth-order valence-electron chi connectivity index (χ4n) is 2.21. The molecule has 6 heteroatoms. The van der Waals surface area contributed by atoms with E-state index >= 15 is 0 Å². The quantitative estimate of drug-likeness (QED) is 0.830. The van der Waals surface area contributed by atoms with E-state index in [0.717, 1.165) is 29.1 Å². The predicted octanol–water partition coefficient (Wildman–Crippen LogP) is 2.98. The Morgan fingerprint density at radius 1 is 1.29 bits per heavy atom. The van der Waals surface area contributed by atoms with Gasteiger partial charge in [0.2, 0.25) is 0 Å². The molecule has 1 fully saturated rings. The lowest BCUT2D eigenvalue weighted by molar-refractivity contribution is 0.616. The summed E-state index contributed by atoms with van der Waals surface area (Å²) < 4.78 is 2.04. The fourth-order valence-corrected chi connectivity index (χ4v) is 3.31. The highest BCUT2D eigenvalue weighted by atomic mass is 35.5. The average Bonchev–Trinajstić information content (AvgIpc) is 3.21. The first kappa shape index (κ1) is 16.3. The first-order valence-corrected chi connectivity index (χ1v) is 8.04. The molecule has 1 heterocycles. The maximum atomic E-state index is 6.28. The Kier molecular flexibility index (Phi) is 5.67. The first-order chi connectivity index (χ1) is 9.74. The summed E-state index contributed by atoms with van der Waals surface area (Å²) in [6.45, 7) is 0. The summed E-state index contributed by atoms with van der Waals surface area (Å²) in [6.07, 6.45) is 3.52. The van der Waals surface area contributed by atoms with Crippen molar-refractivity contribution in [2.45, 2.75) is 30.5 Å². The third-order valence-electron chi connectivity index (χ3n) is 3.64. The van der Waals surface area contributed by atoms with Gasteiger partial charge < -0.3 is 10.3 Å². The van der Waals surface area contributed by atoms with Crippen molar-refractivity contribution in [1.29, 1.82) is 0 Å². The number of nitrogens with two attached hydrogens (primary N) is 1. The van der Waals surface area contributed by atoms with Gasteiger partial charge in [-0.2, -0.15) is 0 Å². The van der Waals surface area contributed by atoms with Crippen LogP contribution in [0.3, 0.4) is 0 Å². The van der Waals surface area contributed by atoms with Gasteiger partial charge in [0, 0.05) is 12.8 Å². The van der Waals surface area contributed by atoms with E-state index in [9.17, 15) is 0 Å². The molecule has 2 aromatic rings. The van der Waals surface area contributed by atoms with Gasteiger partial charge in [0.25, 0.3) is 0 Å². The van der Waals surface area contributed by atoms with Gasteiger partial charge in [-0.1, -0.05) is 42.1 Å². The molecule has 21 heavy (non-hydrogen) atoms. The van der Waals surface area contributed by atoms with E-state index in [2.05, 4.69) is 22.3 Å². The second-order valence-electron chi connectivity index (χ2n) is 5.45. The third kappa shape index (κ3) is 4.22. The van der Waals surface area contributed by atoms with Crippen molar-refractivity contribution < 1.29 is 0 Å². The maximum absolute atomic E-state index is 6.28. The fraction of sp³-hybridized carbons (Fsp3) is 0.467. The van der Waals surface area contributed by atoms with Gasteiger partial charge in [-0.3, -0.25) is 0 Å². The highest BCUT2D eigenvalue weighted by Gasteiger charge is 2.23. The van der Waals surface area contributed by atoms with Crippen molar-refractivity contribution in [2.24, 2.45) is 18.7 Å². The summed E-state index contributed by atoms with van der Waals surface area (Å²) in [6, 6.07) is 10.2. The molecule has 0 saturated heterocycles.